The van der Waals surface area contributed by atoms with E-state index < -0.39 is 0 Å². The number of benzene rings is 2. The third-order valence-corrected chi connectivity index (χ3v) is 4.55. The van der Waals surface area contributed by atoms with Gasteiger partial charge in [0.05, 0.1) is 18.4 Å². The van der Waals surface area contributed by atoms with E-state index in [9.17, 15) is 0 Å². The molecule has 0 aliphatic carbocycles. The summed E-state index contributed by atoms with van der Waals surface area (Å²) in [4.78, 5) is 20.8. The summed E-state index contributed by atoms with van der Waals surface area (Å²) >= 11 is 0. The summed E-state index contributed by atoms with van der Waals surface area (Å²) in [5.41, 5.74) is 3.15. The van der Waals surface area contributed by atoms with Crippen LogP contribution in [0, 0.1) is 0 Å². The van der Waals surface area contributed by atoms with Gasteiger partial charge in [-0.1, -0.05) is 24.3 Å². The van der Waals surface area contributed by atoms with Crippen LogP contribution in [0.3, 0.4) is 0 Å². The highest BCUT2D eigenvalue weighted by molar-refractivity contribution is 5.85. The number of aromatic nitrogens is 5. The molecule has 0 amide bonds. The SMILES string of the molecule is c1ccc(OCCNc2nc(Nc3ccc4ncccc4c3)nc3nc[nH]c23)cc1. The zero-order valence-electron chi connectivity index (χ0n) is 16.0. The molecular weight excluding hydrogens is 378 g/mol. The van der Waals surface area contributed by atoms with Crippen molar-refractivity contribution in [3.63, 3.8) is 0 Å². The fourth-order valence-corrected chi connectivity index (χ4v) is 3.15. The van der Waals surface area contributed by atoms with Crippen LogP contribution in [0.4, 0.5) is 17.5 Å². The number of rotatable bonds is 7. The molecule has 3 heterocycles. The molecule has 0 atom stereocenters. The van der Waals surface area contributed by atoms with Crippen molar-refractivity contribution in [3.05, 3.63) is 73.2 Å². The lowest BCUT2D eigenvalue weighted by molar-refractivity contribution is 0.333. The van der Waals surface area contributed by atoms with Crippen LogP contribution < -0.4 is 15.4 Å². The Morgan fingerprint density at radius 2 is 1.87 bits per heavy atom. The molecule has 8 nitrogen and oxygen atoms in total. The Bertz CT molecular complexity index is 1290. The standard InChI is InChI=1S/C22H19N7O/c1-2-6-17(7-3-1)30-12-11-24-20-19-21(26-14-25-19)29-22(28-20)27-16-8-9-18-15(13-16)5-4-10-23-18/h1-10,13-14H,11-12H2,(H3,24,25,26,27,28,29). The highest BCUT2D eigenvalue weighted by atomic mass is 16.5. The van der Waals surface area contributed by atoms with Crippen LogP contribution in [0.2, 0.25) is 0 Å². The molecular formula is C22H19N7O. The fourth-order valence-electron chi connectivity index (χ4n) is 3.15. The summed E-state index contributed by atoms with van der Waals surface area (Å²) in [6.07, 6.45) is 3.39. The number of ether oxygens (including phenoxy) is 1. The van der Waals surface area contributed by atoms with E-state index in [2.05, 4.69) is 35.6 Å². The predicted molar refractivity (Wildman–Crippen MR) is 117 cm³/mol. The number of para-hydroxylation sites is 1. The maximum Gasteiger partial charge on any atom is 0.231 e. The second kappa shape index (κ2) is 8.04. The summed E-state index contributed by atoms with van der Waals surface area (Å²) in [6.45, 7) is 1.09. The Hall–Kier alpha value is -4.20. The number of hydrogen-bond donors (Lipinski definition) is 3. The summed E-state index contributed by atoms with van der Waals surface area (Å²) in [5.74, 6) is 1.96. The topological polar surface area (TPSA) is 101 Å². The van der Waals surface area contributed by atoms with Crippen LogP contribution in [-0.4, -0.2) is 38.1 Å². The largest absolute Gasteiger partial charge is 0.492 e. The average molecular weight is 397 g/mol. The van der Waals surface area contributed by atoms with Crippen molar-refractivity contribution >= 4 is 39.5 Å². The van der Waals surface area contributed by atoms with Gasteiger partial charge in [0.1, 0.15) is 17.9 Å². The van der Waals surface area contributed by atoms with Crippen molar-refractivity contribution in [1.29, 1.82) is 0 Å². The maximum atomic E-state index is 5.73. The van der Waals surface area contributed by atoms with Crippen molar-refractivity contribution in [1.82, 2.24) is 24.9 Å². The molecule has 0 bridgehead atoms. The van der Waals surface area contributed by atoms with Crippen molar-refractivity contribution in [2.75, 3.05) is 23.8 Å². The minimum atomic E-state index is 0.462. The van der Waals surface area contributed by atoms with E-state index in [1.165, 1.54) is 0 Å². The van der Waals surface area contributed by atoms with Gasteiger partial charge in [-0.15, -0.1) is 0 Å². The van der Waals surface area contributed by atoms with Crippen molar-refractivity contribution in [3.8, 4) is 5.75 Å². The number of fused-ring (bicyclic) bond motifs is 2. The molecule has 0 saturated heterocycles. The van der Waals surface area contributed by atoms with E-state index >= 15 is 0 Å². The number of pyridine rings is 1. The average Bonchev–Trinajstić information content (AvgIpc) is 3.26. The van der Waals surface area contributed by atoms with Gasteiger partial charge in [-0.05, 0) is 36.4 Å². The van der Waals surface area contributed by atoms with Gasteiger partial charge in [0.25, 0.3) is 0 Å². The van der Waals surface area contributed by atoms with Crippen molar-refractivity contribution < 1.29 is 4.74 Å². The molecule has 5 aromatic rings. The zero-order chi connectivity index (χ0) is 20.2. The smallest absolute Gasteiger partial charge is 0.231 e. The van der Waals surface area contributed by atoms with E-state index in [-0.39, 0.29) is 0 Å². The van der Waals surface area contributed by atoms with Crippen LogP contribution in [0.25, 0.3) is 22.1 Å². The van der Waals surface area contributed by atoms with Gasteiger partial charge in [0, 0.05) is 17.3 Å². The third kappa shape index (κ3) is 3.83. The number of aromatic amines is 1. The van der Waals surface area contributed by atoms with Crippen molar-refractivity contribution in [2.24, 2.45) is 0 Å². The molecule has 30 heavy (non-hydrogen) atoms. The van der Waals surface area contributed by atoms with Gasteiger partial charge in [-0.2, -0.15) is 9.97 Å². The number of nitrogens with one attached hydrogen (secondary N) is 3. The normalized spacial score (nSPS) is 10.9. The van der Waals surface area contributed by atoms with Crippen LogP contribution in [-0.2, 0) is 0 Å². The quantitative estimate of drug-likeness (QED) is 0.355. The molecule has 0 saturated carbocycles. The van der Waals surface area contributed by atoms with E-state index in [0.717, 1.165) is 27.9 Å². The van der Waals surface area contributed by atoms with Gasteiger partial charge in [-0.25, -0.2) is 4.98 Å². The molecule has 0 unspecified atom stereocenters. The first-order valence-electron chi connectivity index (χ1n) is 9.60. The Labute approximate surface area is 172 Å². The fraction of sp³-hybridized carbons (Fsp3) is 0.0909. The lowest BCUT2D eigenvalue weighted by Crippen LogP contribution is -2.13. The van der Waals surface area contributed by atoms with Crippen molar-refractivity contribution in [2.45, 2.75) is 0 Å². The molecule has 5 rings (SSSR count). The molecule has 148 valence electrons. The number of hydrogen-bond acceptors (Lipinski definition) is 7. The Morgan fingerprint density at radius 1 is 0.933 bits per heavy atom. The zero-order valence-corrected chi connectivity index (χ0v) is 16.0. The van der Waals surface area contributed by atoms with E-state index in [4.69, 9.17) is 4.74 Å². The number of anilines is 3. The van der Waals surface area contributed by atoms with Gasteiger partial charge in [-0.3, -0.25) is 4.98 Å². The van der Waals surface area contributed by atoms with Gasteiger partial charge in [0.2, 0.25) is 5.95 Å². The summed E-state index contributed by atoms with van der Waals surface area (Å²) in [5, 5.41) is 7.60. The highest BCUT2D eigenvalue weighted by Crippen LogP contribution is 2.23. The lowest BCUT2D eigenvalue weighted by Gasteiger charge is -2.11. The summed E-state index contributed by atoms with van der Waals surface area (Å²) in [6, 6.07) is 19.6. The lowest BCUT2D eigenvalue weighted by atomic mass is 10.2. The second-order valence-corrected chi connectivity index (χ2v) is 6.62. The van der Waals surface area contributed by atoms with Crippen LogP contribution in [0.5, 0.6) is 5.75 Å². The third-order valence-electron chi connectivity index (χ3n) is 4.55. The predicted octanol–water partition coefficient (Wildman–Crippen LogP) is 4.14. The molecule has 2 aromatic carbocycles. The minimum Gasteiger partial charge on any atom is -0.492 e. The Balaban J connectivity index is 1.33. The molecule has 0 spiro atoms. The summed E-state index contributed by atoms with van der Waals surface area (Å²) < 4.78 is 5.73. The first-order valence-corrected chi connectivity index (χ1v) is 9.60. The maximum absolute atomic E-state index is 5.73. The van der Waals surface area contributed by atoms with Gasteiger partial charge in [0.15, 0.2) is 11.5 Å². The molecule has 3 aromatic heterocycles. The summed E-state index contributed by atoms with van der Waals surface area (Å²) in [7, 11) is 0. The van der Waals surface area contributed by atoms with Crippen LogP contribution >= 0.6 is 0 Å². The Kier molecular flexibility index (Phi) is 4.79. The number of nitrogens with zero attached hydrogens (tertiary/aromatic N) is 4. The van der Waals surface area contributed by atoms with Crippen LogP contribution in [0.15, 0.2) is 73.2 Å². The van der Waals surface area contributed by atoms with Gasteiger partial charge >= 0.3 is 0 Å². The van der Waals surface area contributed by atoms with Gasteiger partial charge < -0.3 is 20.4 Å². The highest BCUT2D eigenvalue weighted by Gasteiger charge is 2.10. The van der Waals surface area contributed by atoms with E-state index in [1.807, 2.05) is 60.7 Å². The molecule has 0 radical (unpaired) electrons. The minimum absolute atomic E-state index is 0.462. The molecule has 3 N–H and O–H groups in total. The van der Waals surface area contributed by atoms with E-state index in [1.54, 1.807) is 12.5 Å². The van der Waals surface area contributed by atoms with E-state index in [0.29, 0.717) is 30.6 Å². The number of imidazole rings is 1. The number of H-pyrrole nitrogens is 1. The first-order chi connectivity index (χ1) is 14.8. The molecule has 0 aliphatic rings. The monoisotopic (exact) mass is 397 g/mol. The molecule has 8 heteroatoms. The molecule has 0 fully saturated rings. The Morgan fingerprint density at radius 3 is 2.80 bits per heavy atom. The van der Waals surface area contributed by atoms with Crippen LogP contribution in [0.1, 0.15) is 0 Å². The second-order valence-electron chi connectivity index (χ2n) is 6.62. The molecule has 0 aliphatic heterocycles. The first kappa shape index (κ1) is 17.9.